The van der Waals surface area contributed by atoms with Gasteiger partial charge in [0.1, 0.15) is 5.82 Å². The third-order valence-electron chi connectivity index (χ3n) is 4.39. The number of hydrogen-bond donors (Lipinski definition) is 0. The van der Waals surface area contributed by atoms with E-state index in [1.54, 1.807) is 6.07 Å². The van der Waals surface area contributed by atoms with Crippen LogP contribution in [0.5, 0.6) is 0 Å². The number of alkyl halides is 3. The van der Waals surface area contributed by atoms with Crippen molar-refractivity contribution in [2.45, 2.75) is 31.4 Å². The Bertz CT molecular complexity index is 798. The van der Waals surface area contributed by atoms with Crippen molar-refractivity contribution in [3.05, 3.63) is 70.0 Å². The first-order chi connectivity index (χ1) is 11.3. The molecule has 0 N–H and O–H groups in total. The molecular weight excluding hydrogens is 344 g/mol. The molecule has 0 saturated carbocycles. The van der Waals surface area contributed by atoms with E-state index in [0.29, 0.717) is 19.3 Å². The van der Waals surface area contributed by atoms with Crippen molar-refractivity contribution in [2.24, 2.45) is 0 Å². The quantitative estimate of drug-likeness (QED) is 0.499. The van der Waals surface area contributed by atoms with E-state index in [1.807, 2.05) is 0 Å². The standard InChI is InChI=1S/C18H13ClF4O/c19-17(24)15-6-4-11(18(21,22)23)9-16(15)14-3-1-2-10-8-12(20)5-7-13(10)14/h4-9,14H,1-3H2. The summed E-state index contributed by atoms with van der Waals surface area (Å²) < 4.78 is 52.6. The van der Waals surface area contributed by atoms with Gasteiger partial charge in [0, 0.05) is 11.5 Å². The molecule has 1 unspecified atom stereocenters. The maximum atomic E-state index is 13.4. The van der Waals surface area contributed by atoms with Gasteiger partial charge in [-0.2, -0.15) is 13.2 Å². The van der Waals surface area contributed by atoms with Crippen molar-refractivity contribution in [1.29, 1.82) is 0 Å². The minimum absolute atomic E-state index is 0.0619. The molecule has 126 valence electrons. The van der Waals surface area contributed by atoms with E-state index >= 15 is 0 Å². The molecule has 0 amide bonds. The zero-order valence-corrected chi connectivity index (χ0v) is 13.2. The Morgan fingerprint density at radius 1 is 1.08 bits per heavy atom. The lowest BCUT2D eigenvalue weighted by Gasteiger charge is -2.27. The van der Waals surface area contributed by atoms with Gasteiger partial charge in [-0.15, -0.1) is 0 Å². The monoisotopic (exact) mass is 356 g/mol. The molecule has 24 heavy (non-hydrogen) atoms. The van der Waals surface area contributed by atoms with Crippen LogP contribution >= 0.6 is 11.6 Å². The van der Waals surface area contributed by atoms with E-state index in [4.69, 9.17) is 11.6 Å². The molecule has 2 aromatic carbocycles. The summed E-state index contributed by atoms with van der Waals surface area (Å²) in [6, 6.07) is 7.22. The number of aryl methyl sites for hydroxylation is 1. The molecule has 1 aliphatic carbocycles. The van der Waals surface area contributed by atoms with Crippen LogP contribution in [0.4, 0.5) is 17.6 Å². The van der Waals surface area contributed by atoms with Gasteiger partial charge in [-0.25, -0.2) is 4.39 Å². The van der Waals surface area contributed by atoms with Gasteiger partial charge in [0.05, 0.1) is 5.56 Å². The van der Waals surface area contributed by atoms with E-state index in [1.165, 1.54) is 12.1 Å². The molecule has 1 nitrogen and oxygen atoms in total. The Hall–Kier alpha value is -1.88. The van der Waals surface area contributed by atoms with Gasteiger partial charge in [0.2, 0.25) is 0 Å². The predicted molar refractivity (Wildman–Crippen MR) is 82.8 cm³/mol. The Kier molecular flexibility index (Phi) is 4.38. The number of rotatable bonds is 2. The van der Waals surface area contributed by atoms with Gasteiger partial charge >= 0.3 is 6.18 Å². The molecule has 0 fully saturated rings. The highest BCUT2D eigenvalue weighted by Crippen LogP contribution is 2.41. The highest BCUT2D eigenvalue weighted by atomic mass is 35.5. The molecule has 0 aromatic heterocycles. The van der Waals surface area contributed by atoms with E-state index in [-0.39, 0.29) is 16.9 Å². The van der Waals surface area contributed by atoms with Gasteiger partial charge in [-0.3, -0.25) is 4.79 Å². The van der Waals surface area contributed by atoms with Crippen LogP contribution in [0.1, 0.15) is 51.4 Å². The highest BCUT2D eigenvalue weighted by Gasteiger charge is 2.33. The van der Waals surface area contributed by atoms with Crippen molar-refractivity contribution >= 4 is 16.8 Å². The first-order valence-electron chi connectivity index (χ1n) is 7.46. The molecule has 6 heteroatoms. The van der Waals surface area contributed by atoms with Crippen LogP contribution in [0, 0.1) is 5.82 Å². The molecule has 2 aromatic rings. The normalized spacial score (nSPS) is 17.5. The molecule has 0 radical (unpaired) electrons. The lowest BCUT2D eigenvalue weighted by atomic mass is 9.77. The van der Waals surface area contributed by atoms with Crippen molar-refractivity contribution in [3.8, 4) is 0 Å². The van der Waals surface area contributed by atoms with Crippen LogP contribution < -0.4 is 0 Å². The summed E-state index contributed by atoms with van der Waals surface area (Å²) in [7, 11) is 0. The zero-order chi connectivity index (χ0) is 17.5. The number of halogens is 5. The highest BCUT2D eigenvalue weighted by molar-refractivity contribution is 6.67. The Balaban J connectivity index is 2.17. The second-order valence-electron chi connectivity index (χ2n) is 5.86. The van der Waals surface area contributed by atoms with Crippen LogP contribution in [0.25, 0.3) is 0 Å². The number of hydrogen-bond acceptors (Lipinski definition) is 1. The maximum absolute atomic E-state index is 13.4. The van der Waals surface area contributed by atoms with Crippen molar-refractivity contribution in [3.63, 3.8) is 0 Å². The fourth-order valence-corrected chi connectivity index (χ4v) is 3.48. The first-order valence-corrected chi connectivity index (χ1v) is 7.84. The molecule has 3 rings (SSSR count). The van der Waals surface area contributed by atoms with Gasteiger partial charge < -0.3 is 0 Å². The second kappa shape index (κ2) is 6.20. The fraction of sp³-hybridized carbons (Fsp3) is 0.278. The van der Waals surface area contributed by atoms with Crippen LogP contribution in [0.3, 0.4) is 0 Å². The average Bonchev–Trinajstić information content (AvgIpc) is 2.52. The summed E-state index contributed by atoms with van der Waals surface area (Å²) in [5.41, 5.74) is 0.996. The molecule has 1 atom stereocenters. The number of carbonyl (C=O) groups excluding carboxylic acids is 1. The third-order valence-corrected chi connectivity index (χ3v) is 4.59. The van der Waals surface area contributed by atoms with Crippen molar-refractivity contribution in [1.82, 2.24) is 0 Å². The molecule has 0 aliphatic heterocycles. The Labute approximate surface area is 141 Å². The topological polar surface area (TPSA) is 17.1 Å². The van der Waals surface area contributed by atoms with Crippen molar-refractivity contribution in [2.75, 3.05) is 0 Å². The molecule has 0 bridgehead atoms. The number of carbonyl (C=O) groups is 1. The van der Waals surface area contributed by atoms with Gasteiger partial charge in [-0.05, 0) is 77.9 Å². The lowest BCUT2D eigenvalue weighted by molar-refractivity contribution is -0.137. The lowest BCUT2D eigenvalue weighted by Crippen LogP contribution is -2.16. The number of fused-ring (bicyclic) bond motifs is 1. The first kappa shape index (κ1) is 17.0. The van der Waals surface area contributed by atoms with Gasteiger partial charge in [0.25, 0.3) is 5.24 Å². The molecule has 1 aliphatic rings. The van der Waals surface area contributed by atoms with Crippen LogP contribution in [0.15, 0.2) is 36.4 Å². The summed E-state index contributed by atoms with van der Waals surface area (Å²) in [6.45, 7) is 0. The SMILES string of the molecule is O=C(Cl)c1ccc(C(F)(F)F)cc1C1CCCc2cc(F)ccc21. The van der Waals surface area contributed by atoms with Crippen LogP contribution in [-0.4, -0.2) is 5.24 Å². The van der Waals surface area contributed by atoms with Gasteiger partial charge in [-0.1, -0.05) is 6.07 Å². The molecule has 0 saturated heterocycles. The van der Waals surface area contributed by atoms with Crippen LogP contribution in [0.2, 0.25) is 0 Å². The minimum Gasteiger partial charge on any atom is -0.276 e. The second-order valence-corrected chi connectivity index (χ2v) is 6.20. The Morgan fingerprint density at radius 3 is 2.50 bits per heavy atom. The maximum Gasteiger partial charge on any atom is 0.416 e. The van der Waals surface area contributed by atoms with E-state index in [0.717, 1.165) is 29.3 Å². The number of benzene rings is 2. The molecule has 0 spiro atoms. The fourth-order valence-electron chi connectivity index (χ4n) is 3.31. The summed E-state index contributed by atoms with van der Waals surface area (Å²) in [4.78, 5) is 11.7. The summed E-state index contributed by atoms with van der Waals surface area (Å²) >= 11 is 5.57. The third kappa shape index (κ3) is 3.18. The van der Waals surface area contributed by atoms with E-state index < -0.39 is 22.9 Å². The largest absolute Gasteiger partial charge is 0.416 e. The summed E-state index contributed by atoms with van der Waals surface area (Å²) in [6.07, 6.45) is -2.57. The van der Waals surface area contributed by atoms with E-state index in [2.05, 4.69) is 0 Å². The molecular formula is C18H13ClF4O. The van der Waals surface area contributed by atoms with Gasteiger partial charge in [0.15, 0.2) is 0 Å². The Morgan fingerprint density at radius 2 is 1.83 bits per heavy atom. The zero-order valence-electron chi connectivity index (χ0n) is 12.5. The predicted octanol–water partition coefficient (Wildman–Crippen LogP) is 5.69. The van der Waals surface area contributed by atoms with Crippen molar-refractivity contribution < 1.29 is 22.4 Å². The average molecular weight is 357 g/mol. The summed E-state index contributed by atoms with van der Waals surface area (Å²) in [5, 5.41) is -0.798. The smallest absolute Gasteiger partial charge is 0.276 e. The van der Waals surface area contributed by atoms with Crippen LogP contribution in [-0.2, 0) is 12.6 Å². The van der Waals surface area contributed by atoms with E-state index in [9.17, 15) is 22.4 Å². The summed E-state index contributed by atoms with van der Waals surface area (Å²) in [5.74, 6) is -0.790. The minimum atomic E-state index is -4.51. The molecule has 0 heterocycles.